The van der Waals surface area contributed by atoms with Crippen molar-refractivity contribution in [3.63, 3.8) is 0 Å². The van der Waals surface area contributed by atoms with Gasteiger partial charge in [0.25, 0.3) is 0 Å². The lowest BCUT2D eigenvalue weighted by Crippen LogP contribution is -1.03. The van der Waals surface area contributed by atoms with Crippen LogP contribution in [0.2, 0.25) is 0 Å². The normalized spacial score (nSPS) is 13.5. The van der Waals surface area contributed by atoms with E-state index < -0.39 is 0 Å². The van der Waals surface area contributed by atoms with Gasteiger partial charge < -0.3 is 0 Å². The number of alkyl halides is 2. The predicted octanol–water partition coefficient (Wildman–Crippen LogP) is 2.10. The topological polar surface area (TPSA) is 0 Å². The van der Waals surface area contributed by atoms with E-state index in [4.69, 9.17) is 0 Å². The van der Waals surface area contributed by atoms with E-state index in [1.54, 1.807) is 0 Å². The van der Waals surface area contributed by atoms with Crippen LogP contribution < -0.4 is 0 Å². The van der Waals surface area contributed by atoms with Crippen LogP contribution in [-0.2, 0) is 0 Å². The Labute approximate surface area is 42.6 Å². The van der Waals surface area contributed by atoms with Gasteiger partial charge in [0.2, 0.25) is 0 Å². The highest BCUT2D eigenvalue weighted by Gasteiger charge is 1.35. The summed E-state index contributed by atoms with van der Waals surface area (Å²) in [4.78, 5) is 4.68. The van der Waals surface area contributed by atoms with Gasteiger partial charge in [0.1, 0.15) is 0 Å². The maximum Gasteiger partial charge on any atom is -0.0121 e. The Kier molecular flexibility index (Phi) is 6.09. The van der Waals surface area contributed by atoms with Crippen molar-refractivity contribution in [2.24, 2.45) is 0 Å². The van der Waals surface area contributed by atoms with Crippen molar-refractivity contribution in [3.8, 4) is 0 Å². The molecule has 0 rings (SSSR count). The summed E-state index contributed by atoms with van der Waals surface area (Å²) in [5.74, 6) is 0. The van der Waals surface area contributed by atoms with E-state index in [-0.39, 0.29) is 0 Å². The minimum atomic E-state index is 0.721. The molecule has 0 N–H and O–H groups in total. The molecule has 0 aromatic carbocycles. The van der Waals surface area contributed by atoms with Gasteiger partial charge in [-0.25, -0.2) is 0 Å². The van der Waals surface area contributed by atoms with Crippen LogP contribution in [0.4, 0.5) is 0 Å². The van der Waals surface area contributed by atoms with Crippen LogP contribution in [0.3, 0.4) is 0 Å². The van der Waals surface area contributed by atoms with E-state index in [1.807, 2.05) is 0 Å². The highest BCUT2D eigenvalue weighted by atomic mass is 128. The molecule has 0 aliphatic rings. The molecular formula is C2H6I2. The maximum atomic E-state index is 2.34. The Hall–Kier alpha value is 1.46. The fourth-order valence-corrected chi connectivity index (χ4v) is 0. The van der Waals surface area contributed by atoms with Gasteiger partial charge in [0.05, 0.1) is 0 Å². The smallest absolute Gasteiger partial charge is 0.0121 e. The van der Waals surface area contributed by atoms with Crippen molar-refractivity contribution >= 4 is 33.2 Å². The zero-order valence-corrected chi connectivity index (χ0v) is 7.07. The second-order valence-electron chi connectivity index (χ2n) is 0.286. The van der Waals surface area contributed by atoms with Crippen molar-refractivity contribution in [1.29, 1.82) is 0 Å². The lowest BCUT2D eigenvalue weighted by atomic mass is 12.0. The van der Waals surface area contributed by atoms with Crippen molar-refractivity contribution in [2.75, 3.05) is 9.86 Å². The lowest BCUT2D eigenvalue weighted by Gasteiger charge is -1.48. The monoisotopic (exact) mass is 284 g/mol. The van der Waals surface area contributed by atoms with Gasteiger partial charge in [-0.05, 0) is 9.86 Å². The highest BCUT2D eigenvalue weighted by Crippen LogP contribution is 2.04. The van der Waals surface area contributed by atoms with Gasteiger partial charge >= 0.3 is 0 Å². The van der Waals surface area contributed by atoms with Crippen LogP contribution >= 0.6 is 33.2 Å². The van der Waals surface area contributed by atoms with Crippen molar-refractivity contribution in [2.45, 2.75) is 0 Å². The summed E-state index contributed by atoms with van der Waals surface area (Å²) in [5, 5.41) is 0. The quantitative estimate of drug-likeness (QED) is 0.472. The summed E-state index contributed by atoms with van der Waals surface area (Å²) in [6, 6.07) is 0. The van der Waals surface area contributed by atoms with E-state index in [9.17, 15) is 0 Å². The Morgan fingerprint density at radius 1 is 1.00 bits per heavy atom. The molecule has 0 saturated carbocycles. The minimum absolute atomic E-state index is 0.721. The molecule has 0 atom stereocenters. The first-order valence-electron chi connectivity index (χ1n) is 0.899. The third-order valence-electron chi connectivity index (χ3n) is 0.143. The number of rotatable bonds is 0. The summed E-state index contributed by atoms with van der Waals surface area (Å²) in [6.45, 7) is 0. The molecule has 0 fully saturated rings. The van der Waals surface area contributed by atoms with E-state index in [0.29, 0.717) is 0 Å². The standard InChI is InChI=1S/C2H6I2/c1-3-4-2/h1-2H3. The number of hydrogen-bond donors (Lipinski definition) is 0. The van der Waals surface area contributed by atoms with Gasteiger partial charge in [-0.15, -0.1) is 0 Å². The van der Waals surface area contributed by atoms with Crippen LogP contribution in [0.5, 0.6) is 0 Å². The molecule has 0 nitrogen and oxygen atoms in total. The van der Waals surface area contributed by atoms with Crippen molar-refractivity contribution in [3.05, 3.63) is 0 Å². The molecule has 0 bridgehead atoms. The molecule has 4 heavy (non-hydrogen) atoms. The summed E-state index contributed by atoms with van der Waals surface area (Å²) >= 11 is 1.44. The Bertz CT molecular complexity index is 19.2. The fraction of sp³-hybridized carbons (Fsp3) is 1.00. The molecule has 0 spiro atoms. The average Bonchev–Trinajstić information content (AvgIpc) is 1.37. The zero-order chi connectivity index (χ0) is 3.41. The zero-order valence-electron chi connectivity index (χ0n) is 2.76. The number of halogens is 2. The molecular weight excluding hydrogens is 278 g/mol. The Morgan fingerprint density at radius 3 is 1.25 bits per heavy atom. The molecule has 0 aliphatic carbocycles. The molecule has 2 heteroatoms. The van der Waals surface area contributed by atoms with Gasteiger partial charge in [0.15, 0.2) is 0 Å². The molecule has 0 radical (unpaired) electrons. The highest BCUT2D eigenvalue weighted by molar-refractivity contribution is 14.8. The van der Waals surface area contributed by atoms with E-state index in [2.05, 4.69) is 9.86 Å². The van der Waals surface area contributed by atoms with E-state index in [1.165, 1.54) is 0 Å². The Morgan fingerprint density at radius 2 is 1.25 bits per heavy atom. The predicted molar refractivity (Wildman–Crippen MR) is 39.9 cm³/mol. The molecule has 0 heterocycles. The molecule has 0 aliphatic heterocycles. The molecule has 0 aromatic rings. The van der Waals surface area contributed by atoms with E-state index >= 15 is 0 Å². The van der Waals surface area contributed by atoms with Crippen LogP contribution in [0.15, 0.2) is 0 Å². The van der Waals surface area contributed by atoms with Crippen molar-refractivity contribution < 1.29 is 0 Å². The van der Waals surface area contributed by atoms with E-state index in [0.717, 1.165) is 33.2 Å². The molecule has 28 valence electrons. The molecule has 0 unspecified atom stereocenters. The summed E-state index contributed by atoms with van der Waals surface area (Å²) in [6.07, 6.45) is 0. The van der Waals surface area contributed by atoms with Crippen molar-refractivity contribution in [1.82, 2.24) is 0 Å². The third-order valence-corrected chi connectivity index (χ3v) is 6.43. The second kappa shape index (κ2) is 4.46. The SMILES string of the molecule is CI=IC. The van der Waals surface area contributed by atoms with Crippen LogP contribution in [0.1, 0.15) is 0 Å². The fourth-order valence-electron chi connectivity index (χ4n) is 0. The minimum Gasteiger partial charge on any atom is -0.0901 e. The summed E-state index contributed by atoms with van der Waals surface area (Å²) in [5.41, 5.74) is 0. The van der Waals surface area contributed by atoms with Crippen LogP contribution in [0, 0.1) is 0 Å². The first-order valence-corrected chi connectivity index (χ1v) is 11.5. The first-order chi connectivity index (χ1) is 1.91. The summed E-state index contributed by atoms with van der Waals surface area (Å²) in [7, 11) is 0. The molecule has 0 saturated heterocycles. The summed E-state index contributed by atoms with van der Waals surface area (Å²) < 4.78 is 0. The second-order valence-corrected chi connectivity index (χ2v) is 12.9. The molecule has 0 aromatic heterocycles. The number of hydrogen-bond acceptors (Lipinski definition) is 0. The maximum absolute atomic E-state index is 2.34. The molecule has 0 amide bonds. The van der Waals surface area contributed by atoms with Gasteiger partial charge in [0, 0.05) is 0 Å². The first kappa shape index (κ1) is 5.46. The van der Waals surface area contributed by atoms with Gasteiger partial charge in [-0.1, -0.05) is 33.2 Å². The Balaban J connectivity index is 2.55. The van der Waals surface area contributed by atoms with Gasteiger partial charge in [-0.3, -0.25) is 0 Å². The third kappa shape index (κ3) is 3.46. The lowest BCUT2D eigenvalue weighted by molar-refractivity contribution is 2.66. The average molecular weight is 284 g/mol. The van der Waals surface area contributed by atoms with Gasteiger partial charge in [-0.2, -0.15) is 0 Å². The van der Waals surface area contributed by atoms with Crippen LogP contribution in [0.25, 0.3) is 0 Å². The van der Waals surface area contributed by atoms with Crippen LogP contribution in [-0.4, -0.2) is 9.86 Å². The largest absolute Gasteiger partial charge is 0.0901 e.